The quantitative estimate of drug-likeness (QED) is 0.100. The van der Waals surface area contributed by atoms with Crippen LogP contribution in [0.2, 0.25) is 0 Å². The molecule has 5 rings (SSSR count). The molecule has 2 heterocycles. The Hall–Kier alpha value is -4.83. The summed E-state index contributed by atoms with van der Waals surface area (Å²) in [6, 6.07) is 11.3. The van der Waals surface area contributed by atoms with E-state index in [4.69, 9.17) is 18.6 Å². The molecule has 14 heteroatoms. The van der Waals surface area contributed by atoms with Crippen molar-refractivity contribution in [1.82, 2.24) is 0 Å². The molecule has 3 aliphatic rings. The van der Waals surface area contributed by atoms with Crippen molar-refractivity contribution in [3.8, 4) is 57.1 Å². The molecule has 0 aromatic heterocycles. The zero-order chi connectivity index (χ0) is 31.7. The standard InChI is InChI=1S/C30H28O14/c31-15-4-1-13(2-5-15)3-6-24(36)41-12-23-26(38)27(39)28(40)30(44-23)43-22-11-17-18(33)9-16(32)10-21(17)42-29(22)14-7-19(34)25(37)20(35)8-14/h1-11,23-24,26-28,30-31,33-40H,12H2/t23-,24?,26-,27+,28-,30-/m1/s1. The number of phenols is 5. The first-order valence-electron chi connectivity index (χ1n) is 13.1. The van der Waals surface area contributed by atoms with Crippen molar-refractivity contribution in [2.75, 3.05) is 6.61 Å². The second-order valence-corrected chi connectivity index (χ2v) is 9.96. The van der Waals surface area contributed by atoms with Gasteiger partial charge >= 0.3 is 0 Å². The van der Waals surface area contributed by atoms with E-state index in [0.29, 0.717) is 5.56 Å². The van der Waals surface area contributed by atoms with Gasteiger partial charge in [-0.15, -0.1) is 0 Å². The highest BCUT2D eigenvalue weighted by Crippen LogP contribution is 2.45. The number of fused-ring (bicyclic) bond motifs is 1. The lowest BCUT2D eigenvalue weighted by Gasteiger charge is -2.40. The van der Waals surface area contributed by atoms with Gasteiger partial charge in [0.1, 0.15) is 41.7 Å². The lowest BCUT2D eigenvalue weighted by Crippen LogP contribution is -2.60. The van der Waals surface area contributed by atoms with Crippen molar-refractivity contribution in [2.24, 2.45) is 0 Å². The van der Waals surface area contributed by atoms with Crippen LogP contribution in [0.5, 0.6) is 34.5 Å². The van der Waals surface area contributed by atoms with E-state index in [2.05, 4.69) is 0 Å². The maximum absolute atomic E-state index is 12.0. The Balaban J connectivity index is 1.41. The molecule has 1 unspecified atom stereocenters. The van der Waals surface area contributed by atoms with Gasteiger partial charge in [-0.05, 0) is 42.0 Å². The minimum Gasteiger partial charge on any atom is -0.508 e. The summed E-state index contributed by atoms with van der Waals surface area (Å²) in [4.78, 5) is 12.0. The second kappa shape index (κ2) is 12.4. The van der Waals surface area contributed by atoms with Gasteiger partial charge < -0.3 is 64.6 Å². The van der Waals surface area contributed by atoms with E-state index < -0.39 is 72.0 Å². The fourth-order valence-corrected chi connectivity index (χ4v) is 4.50. The third-order valence-electron chi connectivity index (χ3n) is 6.83. The summed E-state index contributed by atoms with van der Waals surface area (Å²) < 4.78 is 22.6. The van der Waals surface area contributed by atoms with E-state index in [1.807, 2.05) is 0 Å². The monoisotopic (exact) mass is 612 g/mol. The van der Waals surface area contributed by atoms with Crippen LogP contribution in [0.3, 0.4) is 0 Å². The molecule has 2 aromatic rings. The SMILES string of the molecule is O=c1cc2oc(-c3cc(O)c(O)c(O)c3)c(O[C@@H]3O[C@H](COC(O)C=Cc4ccc(O)cc4)[C@@H](O)[C@H](O)[C@H]3O)cc-2c(O)c1. The maximum atomic E-state index is 12.0. The molecule has 1 saturated heterocycles. The van der Waals surface area contributed by atoms with Crippen molar-refractivity contribution in [2.45, 2.75) is 37.0 Å². The number of aliphatic hydroxyl groups excluding tert-OH is 4. The summed E-state index contributed by atoms with van der Waals surface area (Å²) in [5.74, 6) is -3.35. The molecule has 0 bridgehead atoms. The summed E-state index contributed by atoms with van der Waals surface area (Å²) in [6.45, 7) is -0.479. The van der Waals surface area contributed by atoms with E-state index in [0.717, 1.165) is 24.3 Å². The number of aliphatic hydroxyl groups is 4. The van der Waals surface area contributed by atoms with E-state index >= 15 is 0 Å². The normalized spacial score (nSPS) is 22.8. The fraction of sp³-hybridized carbons (Fsp3) is 0.233. The lowest BCUT2D eigenvalue weighted by molar-refractivity contribution is -0.284. The van der Waals surface area contributed by atoms with Gasteiger partial charge in [0.25, 0.3) is 0 Å². The van der Waals surface area contributed by atoms with Gasteiger partial charge in [0.2, 0.25) is 6.29 Å². The van der Waals surface area contributed by atoms with Crippen molar-refractivity contribution in [3.05, 3.63) is 76.5 Å². The minimum atomic E-state index is -1.84. The Morgan fingerprint density at radius 3 is 2.20 bits per heavy atom. The number of rotatable bonds is 8. The highest BCUT2D eigenvalue weighted by Gasteiger charge is 2.45. The van der Waals surface area contributed by atoms with Crippen LogP contribution in [0.25, 0.3) is 28.7 Å². The molecule has 1 aliphatic carbocycles. The largest absolute Gasteiger partial charge is 0.508 e. The summed E-state index contributed by atoms with van der Waals surface area (Å²) in [5, 5.41) is 91.6. The molecule has 0 radical (unpaired) electrons. The number of aromatic hydroxyl groups is 5. The van der Waals surface area contributed by atoms with Gasteiger partial charge in [-0.3, -0.25) is 4.79 Å². The molecule has 2 aliphatic heterocycles. The number of hydrogen-bond donors (Lipinski definition) is 9. The van der Waals surface area contributed by atoms with Crippen LogP contribution in [0, 0.1) is 0 Å². The first-order valence-corrected chi connectivity index (χ1v) is 13.1. The average Bonchev–Trinajstić information content (AvgIpc) is 2.98. The van der Waals surface area contributed by atoms with Gasteiger partial charge in [0.05, 0.1) is 12.2 Å². The third-order valence-corrected chi connectivity index (χ3v) is 6.83. The van der Waals surface area contributed by atoms with Gasteiger partial charge in [0, 0.05) is 17.7 Å². The number of benzene rings is 3. The molecule has 44 heavy (non-hydrogen) atoms. The minimum absolute atomic E-state index is 0.00937. The van der Waals surface area contributed by atoms with Crippen LogP contribution in [0.15, 0.2) is 69.9 Å². The predicted octanol–water partition coefficient (Wildman–Crippen LogP) is 1.17. The first-order chi connectivity index (χ1) is 20.9. The summed E-state index contributed by atoms with van der Waals surface area (Å²) in [6.07, 6.45) is -7.06. The Morgan fingerprint density at radius 2 is 1.52 bits per heavy atom. The Labute approximate surface area is 248 Å². The third kappa shape index (κ3) is 6.40. The molecule has 9 N–H and O–H groups in total. The van der Waals surface area contributed by atoms with Crippen molar-refractivity contribution in [3.63, 3.8) is 0 Å². The topological polar surface area (TPSA) is 240 Å². The zero-order valence-electron chi connectivity index (χ0n) is 22.6. The van der Waals surface area contributed by atoms with Crippen LogP contribution in [-0.4, -0.2) is 89.6 Å². The molecular weight excluding hydrogens is 584 g/mol. The highest BCUT2D eigenvalue weighted by atomic mass is 16.7. The van der Waals surface area contributed by atoms with E-state index in [1.165, 1.54) is 30.4 Å². The molecule has 2 aromatic carbocycles. The highest BCUT2D eigenvalue weighted by molar-refractivity contribution is 5.77. The smallest absolute Gasteiger partial charge is 0.229 e. The van der Waals surface area contributed by atoms with Crippen molar-refractivity contribution < 1.29 is 64.6 Å². The van der Waals surface area contributed by atoms with E-state index in [1.54, 1.807) is 12.1 Å². The fourth-order valence-electron chi connectivity index (χ4n) is 4.50. The lowest BCUT2D eigenvalue weighted by atomic mass is 9.99. The Morgan fingerprint density at radius 1 is 0.841 bits per heavy atom. The van der Waals surface area contributed by atoms with Crippen LogP contribution in [0.1, 0.15) is 5.56 Å². The molecule has 232 valence electrons. The van der Waals surface area contributed by atoms with Crippen LogP contribution in [-0.2, 0) is 9.47 Å². The summed E-state index contributed by atoms with van der Waals surface area (Å²) >= 11 is 0. The summed E-state index contributed by atoms with van der Waals surface area (Å²) in [5.41, 5.74) is -0.0266. The van der Waals surface area contributed by atoms with E-state index in [-0.39, 0.29) is 34.1 Å². The second-order valence-electron chi connectivity index (χ2n) is 9.96. The molecular formula is C30H28O14. The van der Waals surface area contributed by atoms with Crippen LogP contribution < -0.4 is 10.2 Å². The van der Waals surface area contributed by atoms with Gasteiger partial charge in [-0.1, -0.05) is 18.2 Å². The van der Waals surface area contributed by atoms with Crippen molar-refractivity contribution >= 4 is 6.08 Å². The molecule has 14 nitrogen and oxygen atoms in total. The predicted molar refractivity (Wildman–Crippen MR) is 150 cm³/mol. The number of phenolic OH excluding ortho intramolecular Hbond substituents is 5. The molecule has 6 atom stereocenters. The first kappa shape index (κ1) is 30.6. The molecule has 0 amide bonds. The van der Waals surface area contributed by atoms with Crippen LogP contribution >= 0.6 is 0 Å². The number of ether oxygens (including phenoxy) is 3. The van der Waals surface area contributed by atoms with Crippen LogP contribution in [0.4, 0.5) is 0 Å². The number of hydrogen-bond acceptors (Lipinski definition) is 14. The van der Waals surface area contributed by atoms with Crippen molar-refractivity contribution in [1.29, 1.82) is 0 Å². The zero-order valence-corrected chi connectivity index (χ0v) is 22.6. The van der Waals surface area contributed by atoms with E-state index in [9.17, 15) is 50.8 Å². The van der Waals surface area contributed by atoms with Gasteiger partial charge in [-0.25, -0.2) is 0 Å². The maximum Gasteiger partial charge on any atom is 0.229 e. The molecule has 1 fully saturated rings. The molecule has 0 spiro atoms. The molecule has 0 saturated carbocycles. The van der Waals surface area contributed by atoms with Gasteiger partial charge in [0.15, 0.2) is 40.5 Å². The Kier molecular flexibility index (Phi) is 8.64. The Bertz CT molecular complexity index is 1660. The van der Waals surface area contributed by atoms with Gasteiger partial charge in [-0.2, -0.15) is 0 Å². The average molecular weight is 613 g/mol. The summed E-state index contributed by atoms with van der Waals surface area (Å²) in [7, 11) is 0.